The first-order valence-electron chi connectivity index (χ1n) is 4.96. The van der Waals surface area contributed by atoms with Gasteiger partial charge in [0.25, 0.3) is 0 Å². The molecule has 0 saturated carbocycles. The minimum absolute atomic E-state index is 0.0933. The Hall–Kier alpha value is -0.300. The second-order valence-electron chi connectivity index (χ2n) is 3.47. The molecule has 1 nitrogen and oxygen atoms in total. The Labute approximate surface area is 76.8 Å². The first-order valence-corrected chi connectivity index (χ1v) is 4.96. The van der Waals surface area contributed by atoms with Crippen LogP contribution in [0, 0.1) is 0 Å². The van der Waals surface area contributed by atoms with E-state index in [-0.39, 0.29) is 5.60 Å². The Bertz CT molecular complexity index is 120. The van der Waals surface area contributed by atoms with Crippen LogP contribution in [0.15, 0.2) is 12.7 Å². The number of unbranched alkanes of at least 4 members (excludes halogenated alkanes) is 1. The highest BCUT2D eigenvalue weighted by atomic mass is 16.5. The molecule has 0 saturated heterocycles. The molecule has 0 spiro atoms. The van der Waals surface area contributed by atoms with Crippen LogP contribution in [0.25, 0.3) is 0 Å². The number of hydrogen-bond donors (Lipinski definition) is 0. The summed E-state index contributed by atoms with van der Waals surface area (Å²) < 4.78 is 5.74. The van der Waals surface area contributed by atoms with Crippen LogP contribution < -0.4 is 0 Å². The summed E-state index contributed by atoms with van der Waals surface area (Å²) in [5.74, 6) is 0. The van der Waals surface area contributed by atoms with Crippen molar-refractivity contribution in [1.82, 2.24) is 0 Å². The van der Waals surface area contributed by atoms with Gasteiger partial charge in [-0.1, -0.05) is 32.8 Å². The summed E-state index contributed by atoms with van der Waals surface area (Å²) in [6, 6.07) is 0. The fraction of sp³-hybridized carbons (Fsp3) is 0.818. The molecule has 72 valence electrons. The largest absolute Gasteiger partial charge is 0.371 e. The smallest absolute Gasteiger partial charge is 0.0831 e. The van der Waals surface area contributed by atoms with Gasteiger partial charge in [-0.25, -0.2) is 0 Å². The van der Waals surface area contributed by atoms with Gasteiger partial charge in [0, 0.05) is 6.61 Å². The average Bonchev–Trinajstić information content (AvgIpc) is 2.06. The number of ether oxygens (including phenoxy) is 1. The van der Waals surface area contributed by atoms with E-state index in [0.29, 0.717) is 0 Å². The van der Waals surface area contributed by atoms with E-state index in [1.54, 1.807) is 0 Å². The van der Waals surface area contributed by atoms with Gasteiger partial charge >= 0.3 is 0 Å². The van der Waals surface area contributed by atoms with Crippen LogP contribution in [0.5, 0.6) is 0 Å². The van der Waals surface area contributed by atoms with E-state index in [0.717, 1.165) is 25.9 Å². The zero-order valence-corrected chi connectivity index (χ0v) is 8.73. The van der Waals surface area contributed by atoms with Crippen LogP contribution in [0.2, 0.25) is 0 Å². The average molecular weight is 170 g/mol. The van der Waals surface area contributed by atoms with E-state index in [1.165, 1.54) is 6.42 Å². The van der Waals surface area contributed by atoms with Crippen LogP contribution in [0.1, 0.15) is 46.5 Å². The summed E-state index contributed by atoms with van der Waals surface area (Å²) in [6.07, 6.45) is 6.48. The van der Waals surface area contributed by atoms with E-state index < -0.39 is 0 Å². The lowest BCUT2D eigenvalue weighted by Crippen LogP contribution is -2.25. The third-order valence-corrected chi connectivity index (χ3v) is 2.11. The van der Waals surface area contributed by atoms with Crippen LogP contribution in [0.4, 0.5) is 0 Å². The molecule has 1 heteroatoms. The Balaban J connectivity index is 3.71. The van der Waals surface area contributed by atoms with Crippen molar-refractivity contribution in [2.75, 3.05) is 6.61 Å². The quantitative estimate of drug-likeness (QED) is 0.419. The summed E-state index contributed by atoms with van der Waals surface area (Å²) in [6.45, 7) is 11.1. The molecule has 0 aliphatic carbocycles. The van der Waals surface area contributed by atoms with Crippen LogP contribution in [-0.2, 0) is 4.74 Å². The molecule has 1 unspecified atom stereocenters. The molecule has 0 heterocycles. The van der Waals surface area contributed by atoms with Gasteiger partial charge in [0.2, 0.25) is 0 Å². The molecule has 0 bridgehead atoms. The first-order chi connectivity index (χ1) is 5.68. The Kier molecular flexibility index (Phi) is 6.09. The van der Waals surface area contributed by atoms with Crippen molar-refractivity contribution in [1.29, 1.82) is 0 Å². The molecule has 1 atom stereocenters. The Morgan fingerprint density at radius 2 is 2.00 bits per heavy atom. The summed E-state index contributed by atoms with van der Waals surface area (Å²) in [7, 11) is 0. The van der Waals surface area contributed by atoms with Crippen molar-refractivity contribution in [2.45, 2.75) is 52.1 Å². The standard InChI is InChI=1S/C11H22O/c1-5-8-10-12-11(4,7-3)9-6-2/h7H,3,5-6,8-10H2,1-2,4H3. The molecular weight excluding hydrogens is 148 g/mol. The molecule has 0 aliphatic rings. The van der Waals surface area contributed by atoms with E-state index in [1.807, 2.05) is 6.08 Å². The summed E-state index contributed by atoms with van der Waals surface area (Å²) in [5, 5.41) is 0. The van der Waals surface area contributed by atoms with Crippen molar-refractivity contribution in [3.63, 3.8) is 0 Å². The van der Waals surface area contributed by atoms with Crippen molar-refractivity contribution < 1.29 is 4.74 Å². The van der Waals surface area contributed by atoms with Crippen molar-refractivity contribution in [2.24, 2.45) is 0 Å². The lowest BCUT2D eigenvalue weighted by Gasteiger charge is -2.25. The van der Waals surface area contributed by atoms with Gasteiger partial charge in [0.1, 0.15) is 0 Å². The molecule has 0 aromatic carbocycles. The molecule has 0 fully saturated rings. The molecule has 0 rings (SSSR count). The fourth-order valence-electron chi connectivity index (χ4n) is 1.18. The zero-order valence-electron chi connectivity index (χ0n) is 8.73. The molecule has 0 aromatic rings. The van der Waals surface area contributed by atoms with Gasteiger partial charge in [-0.2, -0.15) is 0 Å². The highest BCUT2D eigenvalue weighted by Crippen LogP contribution is 2.18. The summed E-state index contributed by atoms with van der Waals surface area (Å²) in [5.41, 5.74) is -0.0933. The maximum absolute atomic E-state index is 5.74. The predicted molar refractivity (Wildman–Crippen MR) is 54.4 cm³/mol. The normalized spacial score (nSPS) is 15.6. The molecule has 0 aliphatic heterocycles. The molecule has 0 radical (unpaired) electrons. The lowest BCUT2D eigenvalue weighted by molar-refractivity contribution is -0.00212. The van der Waals surface area contributed by atoms with Crippen molar-refractivity contribution in [3.05, 3.63) is 12.7 Å². The highest BCUT2D eigenvalue weighted by Gasteiger charge is 2.18. The predicted octanol–water partition coefficient (Wildman–Crippen LogP) is 3.55. The molecular formula is C11H22O. The van der Waals surface area contributed by atoms with Gasteiger partial charge in [-0.15, -0.1) is 6.58 Å². The second kappa shape index (κ2) is 6.24. The van der Waals surface area contributed by atoms with E-state index in [2.05, 4.69) is 27.4 Å². The van der Waals surface area contributed by atoms with E-state index >= 15 is 0 Å². The van der Waals surface area contributed by atoms with Crippen LogP contribution in [-0.4, -0.2) is 12.2 Å². The SMILES string of the molecule is C=CC(C)(CCC)OCCCC. The summed E-state index contributed by atoms with van der Waals surface area (Å²) in [4.78, 5) is 0. The van der Waals surface area contributed by atoms with Crippen LogP contribution >= 0.6 is 0 Å². The minimum Gasteiger partial charge on any atom is -0.371 e. The molecule has 12 heavy (non-hydrogen) atoms. The van der Waals surface area contributed by atoms with Gasteiger partial charge in [-0.3, -0.25) is 0 Å². The number of rotatable bonds is 7. The molecule has 0 N–H and O–H groups in total. The monoisotopic (exact) mass is 170 g/mol. The maximum Gasteiger partial charge on any atom is 0.0831 e. The molecule has 0 aromatic heterocycles. The minimum atomic E-state index is -0.0933. The third-order valence-electron chi connectivity index (χ3n) is 2.11. The topological polar surface area (TPSA) is 9.23 Å². The van der Waals surface area contributed by atoms with Gasteiger partial charge in [0.05, 0.1) is 5.60 Å². The number of hydrogen-bond acceptors (Lipinski definition) is 1. The Morgan fingerprint density at radius 1 is 1.33 bits per heavy atom. The van der Waals surface area contributed by atoms with E-state index in [4.69, 9.17) is 4.74 Å². The van der Waals surface area contributed by atoms with Crippen molar-refractivity contribution in [3.8, 4) is 0 Å². The second-order valence-corrected chi connectivity index (χ2v) is 3.47. The fourth-order valence-corrected chi connectivity index (χ4v) is 1.18. The molecule has 0 amide bonds. The van der Waals surface area contributed by atoms with Gasteiger partial charge < -0.3 is 4.74 Å². The zero-order chi connectivity index (χ0) is 9.45. The van der Waals surface area contributed by atoms with E-state index in [9.17, 15) is 0 Å². The maximum atomic E-state index is 5.74. The third kappa shape index (κ3) is 4.55. The first kappa shape index (κ1) is 11.7. The van der Waals surface area contributed by atoms with Gasteiger partial charge in [-0.05, 0) is 19.8 Å². The van der Waals surface area contributed by atoms with Crippen molar-refractivity contribution >= 4 is 0 Å². The lowest BCUT2D eigenvalue weighted by atomic mass is 10.0. The summed E-state index contributed by atoms with van der Waals surface area (Å²) >= 11 is 0. The Morgan fingerprint density at radius 3 is 2.42 bits per heavy atom. The highest BCUT2D eigenvalue weighted by molar-refractivity contribution is 4.93. The van der Waals surface area contributed by atoms with Crippen LogP contribution in [0.3, 0.4) is 0 Å². The van der Waals surface area contributed by atoms with Gasteiger partial charge in [0.15, 0.2) is 0 Å².